The number of alkyl halides is 3. The maximum atomic E-state index is 13.5. The average molecular weight is 444 g/mol. The van der Waals surface area contributed by atoms with E-state index in [1.807, 2.05) is 4.90 Å². The van der Waals surface area contributed by atoms with Gasteiger partial charge in [0.25, 0.3) is 5.78 Å². The summed E-state index contributed by atoms with van der Waals surface area (Å²) in [6, 6.07) is 3.49. The lowest BCUT2D eigenvalue weighted by Gasteiger charge is -2.35. The van der Waals surface area contributed by atoms with Crippen molar-refractivity contribution in [2.75, 3.05) is 31.1 Å². The molecule has 0 amide bonds. The number of fused-ring (bicyclic) bond motifs is 1. The van der Waals surface area contributed by atoms with Crippen molar-refractivity contribution in [3.8, 4) is 0 Å². The van der Waals surface area contributed by atoms with Gasteiger partial charge < -0.3 is 4.90 Å². The van der Waals surface area contributed by atoms with Crippen LogP contribution in [0.1, 0.15) is 11.3 Å². The van der Waals surface area contributed by atoms with Crippen LogP contribution >= 0.6 is 0 Å². The van der Waals surface area contributed by atoms with E-state index in [2.05, 4.69) is 15.1 Å². The summed E-state index contributed by atoms with van der Waals surface area (Å²) in [6.45, 7) is 2.44. The van der Waals surface area contributed by atoms with Gasteiger partial charge in [-0.05, 0) is 25.1 Å². The molecule has 0 spiro atoms. The van der Waals surface area contributed by atoms with Crippen molar-refractivity contribution < 1.29 is 26.0 Å². The fourth-order valence-electron chi connectivity index (χ4n) is 3.33. The van der Waals surface area contributed by atoms with Gasteiger partial charge in [0, 0.05) is 37.9 Å². The first-order valence-corrected chi connectivity index (χ1v) is 10.3. The second kappa shape index (κ2) is 7.16. The van der Waals surface area contributed by atoms with Gasteiger partial charge in [-0.15, -0.1) is 0 Å². The summed E-state index contributed by atoms with van der Waals surface area (Å²) >= 11 is 0. The predicted octanol–water partition coefficient (Wildman–Crippen LogP) is 2.10. The van der Waals surface area contributed by atoms with E-state index in [9.17, 15) is 26.0 Å². The smallest absolute Gasteiger partial charge is 0.354 e. The Morgan fingerprint density at radius 1 is 1.07 bits per heavy atom. The maximum absolute atomic E-state index is 13.5. The molecular formula is C17H16F4N6O2S. The average Bonchev–Trinajstić information content (AvgIpc) is 3.15. The van der Waals surface area contributed by atoms with E-state index < -0.39 is 32.5 Å². The Bertz CT molecular complexity index is 1200. The van der Waals surface area contributed by atoms with Crippen molar-refractivity contribution >= 4 is 21.6 Å². The molecule has 2 aromatic heterocycles. The van der Waals surface area contributed by atoms with Crippen LogP contribution in [0.4, 0.5) is 23.4 Å². The first-order valence-electron chi connectivity index (χ1n) is 8.86. The van der Waals surface area contributed by atoms with Gasteiger partial charge in [0.05, 0.1) is 10.5 Å². The zero-order valence-corrected chi connectivity index (χ0v) is 16.5. The lowest BCUT2D eigenvalue weighted by atomic mass is 10.2. The second-order valence-electron chi connectivity index (χ2n) is 6.76. The van der Waals surface area contributed by atoms with Gasteiger partial charge in [0.2, 0.25) is 10.0 Å². The fourth-order valence-corrected chi connectivity index (χ4v) is 4.77. The van der Waals surface area contributed by atoms with Gasteiger partial charge >= 0.3 is 6.18 Å². The third-order valence-corrected chi connectivity index (χ3v) is 6.70. The molecule has 160 valence electrons. The van der Waals surface area contributed by atoms with Gasteiger partial charge in [0.15, 0.2) is 0 Å². The van der Waals surface area contributed by atoms with Crippen molar-refractivity contribution in [1.82, 2.24) is 23.9 Å². The van der Waals surface area contributed by atoms with Crippen LogP contribution in [-0.4, -0.2) is 58.5 Å². The molecule has 3 heterocycles. The van der Waals surface area contributed by atoms with E-state index in [0.717, 1.165) is 10.4 Å². The van der Waals surface area contributed by atoms with Gasteiger partial charge in [-0.1, -0.05) is 0 Å². The van der Waals surface area contributed by atoms with Crippen LogP contribution in [0.25, 0.3) is 5.78 Å². The number of anilines is 1. The Hall–Kier alpha value is -2.80. The van der Waals surface area contributed by atoms with Crippen LogP contribution in [0.2, 0.25) is 0 Å². The highest BCUT2D eigenvalue weighted by molar-refractivity contribution is 7.89. The molecule has 1 aliphatic heterocycles. The number of halogens is 4. The second-order valence-corrected chi connectivity index (χ2v) is 8.70. The molecule has 0 N–H and O–H groups in total. The van der Waals surface area contributed by atoms with E-state index in [1.165, 1.54) is 10.8 Å². The quantitative estimate of drug-likeness (QED) is 0.576. The van der Waals surface area contributed by atoms with Gasteiger partial charge in [-0.2, -0.15) is 32.1 Å². The van der Waals surface area contributed by atoms with Crippen LogP contribution in [0.15, 0.2) is 35.5 Å². The molecule has 0 saturated carbocycles. The largest absolute Gasteiger partial charge is 0.419 e. The Kier molecular flexibility index (Phi) is 4.89. The van der Waals surface area contributed by atoms with E-state index in [1.54, 1.807) is 13.0 Å². The summed E-state index contributed by atoms with van der Waals surface area (Å²) in [5.41, 5.74) is -0.894. The van der Waals surface area contributed by atoms with Crippen molar-refractivity contribution in [3.05, 3.63) is 47.7 Å². The Morgan fingerprint density at radius 3 is 2.43 bits per heavy atom. The molecule has 0 radical (unpaired) electrons. The summed E-state index contributed by atoms with van der Waals surface area (Å²) in [5.74, 6) is -0.421. The van der Waals surface area contributed by atoms with Crippen LogP contribution < -0.4 is 4.90 Å². The normalized spacial score (nSPS) is 16.4. The molecule has 1 aliphatic rings. The zero-order chi connectivity index (χ0) is 21.7. The third kappa shape index (κ3) is 3.58. The Morgan fingerprint density at radius 2 is 1.77 bits per heavy atom. The van der Waals surface area contributed by atoms with Crippen LogP contribution in [-0.2, 0) is 16.2 Å². The number of sulfonamides is 1. The molecule has 3 aromatic rings. The first kappa shape index (κ1) is 20.5. The molecule has 0 unspecified atom stereocenters. The highest BCUT2D eigenvalue weighted by atomic mass is 32.2. The number of hydrogen-bond donors (Lipinski definition) is 0. The molecule has 8 nitrogen and oxygen atoms in total. The Labute approximate surface area is 168 Å². The molecule has 13 heteroatoms. The highest BCUT2D eigenvalue weighted by Gasteiger charge is 2.37. The van der Waals surface area contributed by atoms with Crippen LogP contribution in [0.5, 0.6) is 0 Å². The number of aryl methyl sites for hydroxylation is 1. The molecule has 0 bridgehead atoms. The molecule has 1 fully saturated rings. The third-order valence-electron chi connectivity index (χ3n) is 4.80. The van der Waals surface area contributed by atoms with Gasteiger partial charge in [-0.25, -0.2) is 17.8 Å². The molecule has 1 aromatic carbocycles. The number of hydrogen-bond acceptors (Lipinski definition) is 6. The fraction of sp³-hybridized carbons (Fsp3) is 0.353. The minimum absolute atomic E-state index is 0.0403. The maximum Gasteiger partial charge on any atom is 0.419 e. The van der Waals surface area contributed by atoms with Crippen LogP contribution in [0.3, 0.4) is 0 Å². The Balaban J connectivity index is 1.57. The monoisotopic (exact) mass is 444 g/mol. The molecule has 4 rings (SSSR count). The molecule has 1 saturated heterocycles. The number of benzene rings is 1. The van der Waals surface area contributed by atoms with Crippen molar-refractivity contribution in [3.63, 3.8) is 0 Å². The predicted molar refractivity (Wildman–Crippen MR) is 97.9 cm³/mol. The van der Waals surface area contributed by atoms with Crippen molar-refractivity contribution in [1.29, 1.82) is 0 Å². The minimum atomic E-state index is -4.99. The number of rotatable bonds is 3. The molecule has 30 heavy (non-hydrogen) atoms. The van der Waals surface area contributed by atoms with Crippen molar-refractivity contribution in [2.45, 2.75) is 18.0 Å². The summed E-state index contributed by atoms with van der Waals surface area (Å²) in [7, 11) is -4.21. The van der Waals surface area contributed by atoms with Crippen LogP contribution in [0, 0.1) is 12.7 Å². The molecule has 0 atom stereocenters. The molecule has 0 aliphatic carbocycles. The summed E-state index contributed by atoms with van der Waals surface area (Å²) in [5, 5.41) is 4.12. The number of piperazine rings is 1. The van der Waals surface area contributed by atoms with E-state index in [0.29, 0.717) is 29.4 Å². The standard InChI is InChI=1S/C17H16F4N6O2S/c1-11-8-15(27-16(24-11)22-10-23-27)25-4-6-26(7-5-25)30(28,29)12-2-3-14(18)13(9-12)17(19,20)21/h2-3,8-10H,4-7H2,1H3. The SMILES string of the molecule is Cc1cc(N2CCN(S(=O)(=O)c3ccc(F)c(C(F)(F)F)c3)CC2)n2ncnc2n1. The highest BCUT2D eigenvalue weighted by Crippen LogP contribution is 2.33. The zero-order valence-electron chi connectivity index (χ0n) is 15.6. The lowest BCUT2D eigenvalue weighted by Crippen LogP contribution is -2.49. The number of aromatic nitrogens is 4. The summed E-state index contributed by atoms with van der Waals surface area (Å²) < 4.78 is 80.7. The summed E-state index contributed by atoms with van der Waals surface area (Å²) in [6.07, 6.45) is -3.63. The lowest BCUT2D eigenvalue weighted by molar-refractivity contribution is -0.140. The van der Waals surface area contributed by atoms with Gasteiger partial charge in [-0.3, -0.25) is 0 Å². The number of nitrogens with zero attached hydrogens (tertiary/aromatic N) is 6. The van der Waals surface area contributed by atoms with E-state index >= 15 is 0 Å². The molecular weight excluding hydrogens is 428 g/mol. The minimum Gasteiger partial charge on any atom is -0.354 e. The topological polar surface area (TPSA) is 83.7 Å². The summed E-state index contributed by atoms with van der Waals surface area (Å²) in [4.78, 5) is 9.61. The van der Waals surface area contributed by atoms with E-state index in [-0.39, 0.29) is 26.2 Å². The first-order chi connectivity index (χ1) is 14.1. The van der Waals surface area contributed by atoms with Crippen molar-refractivity contribution in [2.24, 2.45) is 0 Å². The van der Waals surface area contributed by atoms with Gasteiger partial charge in [0.1, 0.15) is 18.0 Å². The van der Waals surface area contributed by atoms with E-state index in [4.69, 9.17) is 0 Å².